The fraction of sp³-hybridized carbons (Fsp3) is 0.174. The second-order valence-electron chi connectivity index (χ2n) is 6.39. The highest BCUT2D eigenvalue weighted by molar-refractivity contribution is 5.77. The van der Waals surface area contributed by atoms with Crippen LogP contribution in [-0.4, -0.2) is 5.91 Å². The van der Waals surface area contributed by atoms with Gasteiger partial charge in [0.2, 0.25) is 5.91 Å². The van der Waals surface area contributed by atoms with Crippen molar-refractivity contribution in [2.45, 2.75) is 25.8 Å². The number of carbonyl (C=O) groups excluding carboxylic acids is 1. The molecule has 1 N–H and O–H groups in total. The topological polar surface area (TPSA) is 29.1 Å². The zero-order chi connectivity index (χ0) is 18.4. The number of hydrogen-bond donors (Lipinski definition) is 1. The van der Waals surface area contributed by atoms with Gasteiger partial charge in [0.05, 0.1) is 6.04 Å². The number of aryl methyl sites for hydroxylation is 2. The molecule has 132 valence electrons. The first-order valence-corrected chi connectivity index (χ1v) is 8.78. The van der Waals surface area contributed by atoms with Crippen LogP contribution in [0.3, 0.4) is 0 Å². The largest absolute Gasteiger partial charge is 0.345 e. The van der Waals surface area contributed by atoms with Crippen molar-refractivity contribution in [3.05, 3.63) is 107 Å². The average Bonchev–Trinajstić information content (AvgIpc) is 2.67. The van der Waals surface area contributed by atoms with E-state index in [1.807, 2.05) is 48.5 Å². The summed E-state index contributed by atoms with van der Waals surface area (Å²) >= 11 is 0. The minimum absolute atomic E-state index is 0.0218. The highest BCUT2D eigenvalue weighted by Gasteiger charge is 2.18. The van der Waals surface area contributed by atoms with Gasteiger partial charge in [-0.05, 0) is 47.7 Å². The maximum atomic E-state index is 13.0. The van der Waals surface area contributed by atoms with E-state index in [0.29, 0.717) is 12.8 Å². The van der Waals surface area contributed by atoms with Crippen LogP contribution in [0.15, 0.2) is 78.9 Å². The summed E-state index contributed by atoms with van der Waals surface area (Å²) < 4.78 is 13.0. The number of hydrogen-bond acceptors (Lipinski definition) is 1. The number of halogens is 1. The van der Waals surface area contributed by atoms with Crippen molar-refractivity contribution in [2.24, 2.45) is 0 Å². The lowest BCUT2D eigenvalue weighted by atomic mass is 9.94. The van der Waals surface area contributed by atoms with E-state index in [1.165, 1.54) is 12.1 Å². The molecule has 0 radical (unpaired) electrons. The van der Waals surface area contributed by atoms with E-state index >= 15 is 0 Å². The van der Waals surface area contributed by atoms with Crippen LogP contribution in [-0.2, 0) is 11.2 Å². The van der Waals surface area contributed by atoms with Gasteiger partial charge >= 0.3 is 0 Å². The van der Waals surface area contributed by atoms with Gasteiger partial charge in [0.25, 0.3) is 0 Å². The van der Waals surface area contributed by atoms with Crippen molar-refractivity contribution in [2.75, 3.05) is 0 Å². The van der Waals surface area contributed by atoms with Gasteiger partial charge in [-0.1, -0.05) is 66.7 Å². The van der Waals surface area contributed by atoms with E-state index in [0.717, 1.165) is 22.3 Å². The molecule has 3 rings (SSSR count). The summed E-state index contributed by atoms with van der Waals surface area (Å²) in [5, 5.41) is 3.16. The van der Waals surface area contributed by atoms with Gasteiger partial charge in [0.15, 0.2) is 0 Å². The Labute approximate surface area is 153 Å². The number of amides is 1. The Kier molecular flexibility index (Phi) is 5.80. The van der Waals surface area contributed by atoms with E-state index in [9.17, 15) is 9.18 Å². The van der Waals surface area contributed by atoms with Crippen LogP contribution in [0.25, 0.3) is 0 Å². The smallest absolute Gasteiger partial charge is 0.221 e. The standard InChI is InChI=1S/C23H22FNO/c1-17-7-5-6-10-21(17)23(19-8-3-2-4-9-19)25-22(26)16-13-18-11-14-20(24)15-12-18/h2-12,14-15,23H,13,16H2,1H3,(H,25,26). The zero-order valence-electron chi connectivity index (χ0n) is 14.8. The van der Waals surface area contributed by atoms with Crippen molar-refractivity contribution in [1.82, 2.24) is 5.32 Å². The van der Waals surface area contributed by atoms with Crippen LogP contribution >= 0.6 is 0 Å². The molecule has 0 aliphatic carbocycles. The van der Waals surface area contributed by atoms with Crippen LogP contribution in [0.2, 0.25) is 0 Å². The third kappa shape index (κ3) is 4.57. The second-order valence-corrected chi connectivity index (χ2v) is 6.39. The maximum Gasteiger partial charge on any atom is 0.221 e. The normalized spacial score (nSPS) is 11.8. The Bertz CT molecular complexity index is 859. The third-order valence-corrected chi connectivity index (χ3v) is 4.49. The Balaban J connectivity index is 1.74. The van der Waals surface area contributed by atoms with E-state index in [2.05, 4.69) is 18.3 Å². The summed E-state index contributed by atoms with van der Waals surface area (Å²) in [7, 11) is 0. The van der Waals surface area contributed by atoms with Gasteiger partial charge in [-0.15, -0.1) is 0 Å². The predicted octanol–water partition coefficient (Wildman–Crippen LogP) is 4.97. The summed E-state index contributed by atoms with van der Waals surface area (Å²) in [4.78, 5) is 12.6. The molecule has 0 aromatic heterocycles. The minimum Gasteiger partial charge on any atom is -0.345 e. The van der Waals surface area contributed by atoms with Crippen LogP contribution in [0.4, 0.5) is 4.39 Å². The average molecular weight is 347 g/mol. The molecule has 3 aromatic rings. The van der Waals surface area contributed by atoms with Gasteiger partial charge in [0, 0.05) is 6.42 Å². The molecule has 1 atom stereocenters. The molecule has 3 heteroatoms. The molecule has 2 nitrogen and oxygen atoms in total. The molecule has 1 unspecified atom stereocenters. The Hall–Kier alpha value is -2.94. The number of carbonyl (C=O) groups is 1. The first kappa shape index (κ1) is 17.9. The van der Waals surface area contributed by atoms with Crippen molar-refractivity contribution in [3.63, 3.8) is 0 Å². The minimum atomic E-state index is -0.262. The molecule has 0 spiro atoms. The van der Waals surface area contributed by atoms with E-state index in [1.54, 1.807) is 12.1 Å². The molecule has 0 saturated heterocycles. The summed E-state index contributed by atoms with van der Waals surface area (Å²) in [5.41, 5.74) is 4.24. The molecule has 26 heavy (non-hydrogen) atoms. The Morgan fingerprint density at radius 1 is 0.923 bits per heavy atom. The van der Waals surface area contributed by atoms with Crippen molar-refractivity contribution < 1.29 is 9.18 Å². The molecule has 0 bridgehead atoms. The van der Waals surface area contributed by atoms with Gasteiger partial charge in [-0.25, -0.2) is 4.39 Å². The summed E-state index contributed by atoms with van der Waals surface area (Å²) in [6, 6.07) is 24.2. The van der Waals surface area contributed by atoms with Gasteiger partial charge in [-0.2, -0.15) is 0 Å². The van der Waals surface area contributed by atoms with Crippen LogP contribution < -0.4 is 5.32 Å². The number of rotatable bonds is 6. The monoisotopic (exact) mass is 347 g/mol. The molecule has 0 fully saturated rings. The number of nitrogens with one attached hydrogen (secondary N) is 1. The molecular weight excluding hydrogens is 325 g/mol. The zero-order valence-corrected chi connectivity index (χ0v) is 14.8. The summed E-state index contributed by atoms with van der Waals surface area (Å²) in [6.45, 7) is 2.05. The fourth-order valence-electron chi connectivity index (χ4n) is 3.04. The van der Waals surface area contributed by atoms with E-state index in [4.69, 9.17) is 0 Å². The molecule has 0 aliphatic rings. The van der Waals surface area contributed by atoms with Crippen molar-refractivity contribution in [1.29, 1.82) is 0 Å². The van der Waals surface area contributed by atoms with Crippen LogP contribution in [0.5, 0.6) is 0 Å². The highest BCUT2D eigenvalue weighted by Crippen LogP contribution is 2.25. The molecule has 0 saturated carbocycles. The summed E-state index contributed by atoms with van der Waals surface area (Å²) in [6.07, 6.45) is 0.947. The van der Waals surface area contributed by atoms with E-state index in [-0.39, 0.29) is 17.8 Å². The lowest BCUT2D eigenvalue weighted by molar-refractivity contribution is -0.121. The third-order valence-electron chi connectivity index (χ3n) is 4.49. The van der Waals surface area contributed by atoms with Crippen molar-refractivity contribution in [3.8, 4) is 0 Å². The molecule has 0 heterocycles. The lowest BCUT2D eigenvalue weighted by Crippen LogP contribution is -2.30. The van der Waals surface area contributed by atoms with Gasteiger partial charge < -0.3 is 5.32 Å². The van der Waals surface area contributed by atoms with Crippen LogP contribution in [0.1, 0.15) is 34.7 Å². The molecule has 3 aromatic carbocycles. The van der Waals surface area contributed by atoms with Gasteiger partial charge in [-0.3, -0.25) is 4.79 Å². The lowest BCUT2D eigenvalue weighted by Gasteiger charge is -2.21. The quantitative estimate of drug-likeness (QED) is 0.670. The second kappa shape index (κ2) is 8.43. The Morgan fingerprint density at radius 2 is 1.58 bits per heavy atom. The SMILES string of the molecule is Cc1ccccc1C(NC(=O)CCc1ccc(F)cc1)c1ccccc1. The van der Waals surface area contributed by atoms with Crippen LogP contribution in [0, 0.1) is 12.7 Å². The predicted molar refractivity (Wildman–Crippen MR) is 102 cm³/mol. The van der Waals surface area contributed by atoms with Crippen molar-refractivity contribution >= 4 is 5.91 Å². The fourth-order valence-corrected chi connectivity index (χ4v) is 3.04. The molecular formula is C23H22FNO. The number of benzene rings is 3. The molecule has 0 aliphatic heterocycles. The molecule has 1 amide bonds. The Morgan fingerprint density at radius 3 is 2.27 bits per heavy atom. The highest BCUT2D eigenvalue weighted by atomic mass is 19.1. The summed E-state index contributed by atoms with van der Waals surface area (Å²) in [5.74, 6) is -0.284. The maximum absolute atomic E-state index is 13.0. The first-order valence-electron chi connectivity index (χ1n) is 8.78. The first-order chi connectivity index (χ1) is 12.6. The van der Waals surface area contributed by atoms with Gasteiger partial charge in [0.1, 0.15) is 5.82 Å². The van der Waals surface area contributed by atoms with E-state index < -0.39 is 0 Å².